The van der Waals surface area contributed by atoms with E-state index in [0.29, 0.717) is 18.8 Å². The molecule has 2 heterocycles. The Kier molecular flexibility index (Phi) is 5.26. The first-order chi connectivity index (χ1) is 15.4. The Morgan fingerprint density at radius 3 is 2.03 bits per heavy atom. The molecule has 0 atom stereocenters. The predicted octanol–water partition coefficient (Wildman–Crippen LogP) is 5.52. The minimum Gasteiger partial charge on any atom is -0.378 e. The molecule has 1 fully saturated rings. The van der Waals surface area contributed by atoms with E-state index in [9.17, 15) is 5.26 Å². The number of para-hydroxylation sites is 1. The van der Waals surface area contributed by atoms with Crippen LogP contribution < -0.4 is 4.90 Å². The van der Waals surface area contributed by atoms with Gasteiger partial charge in [0.25, 0.3) is 0 Å². The summed E-state index contributed by atoms with van der Waals surface area (Å²) in [6.45, 7) is 3.10. The van der Waals surface area contributed by atoms with Gasteiger partial charge in [0, 0.05) is 30.4 Å². The molecule has 0 spiro atoms. The van der Waals surface area contributed by atoms with Crippen LogP contribution in [0.1, 0.15) is 5.56 Å². The van der Waals surface area contributed by atoms with Crippen LogP contribution in [0.4, 0.5) is 5.69 Å². The number of morpholine rings is 1. The van der Waals surface area contributed by atoms with E-state index in [-0.39, 0.29) is 0 Å². The maximum atomic E-state index is 9.79. The zero-order valence-corrected chi connectivity index (χ0v) is 17.2. The first kappa shape index (κ1) is 19.2. The van der Waals surface area contributed by atoms with Crippen LogP contribution in [0.3, 0.4) is 0 Å². The molecule has 0 saturated carbocycles. The summed E-state index contributed by atoms with van der Waals surface area (Å²) in [6, 6.07) is 31.1. The summed E-state index contributed by atoms with van der Waals surface area (Å²) in [7, 11) is 0. The Morgan fingerprint density at radius 2 is 1.35 bits per heavy atom. The molecule has 1 saturated heterocycles. The molecule has 152 valence electrons. The molecule has 0 bridgehead atoms. The Balaban J connectivity index is 1.84. The molecule has 3 aromatic carbocycles. The molecule has 1 aliphatic heterocycles. The van der Waals surface area contributed by atoms with Crippen LogP contribution in [-0.2, 0) is 4.74 Å². The van der Waals surface area contributed by atoms with Crippen LogP contribution >= 0.6 is 0 Å². The SMILES string of the molecule is N#Cc1ccccc1-n1cc(-c2ccccc2)c(N2CCOCC2)c1-c1ccccc1. The molecule has 5 rings (SSSR count). The van der Waals surface area contributed by atoms with Crippen molar-refractivity contribution in [1.82, 2.24) is 4.57 Å². The van der Waals surface area contributed by atoms with E-state index in [1.54, 1.807) is 0 Å². The highest BCUT2D eigenvalue weighted by Crippen LogP contribution is 2.43. The van der Waals surface area contributed by atoms with E-state index in [2.05, 4.69) is 70.3 Å². The number of hydrogen-bond acceptors (Lipinski definition) is 3. The maximum absolute atomic E-state index is 9.79. The average Bonchev–Trinajstić information content (AvgIpc) is 3.26. The minimum absolute atomic E-state index is 0.655. The van der Waals surface area contributed by atoms with Crippen molar-refractivity contribution in [3.8, 4) is 34.1 Å². The first-order valence-corrected chi connectivity index (χ1v) is 10.5. The number of ether oxygens (including phenoxy) is 1. The number of rotatable bonds is 4. The molecule has 0 unspecified atom stereocenters. The third-order valence-corrected chi connectivity index (χ3v) is 5.72. The van der Waals surface area contributed by atoms with Gasteiger partial charge in [-0.1, -0.05) is 72.8 Å². The third-order valence-electron chi connectivity index (χ3n) is 5.72. The van der Waals surface area contributed by atoms with Gasteiger partial charge in [0.1, 0.15) is 6.07 Å². The van der Waals surface area contributed by atoms with Gasteiger partial charge in [0.15, 0.2) is 0 Å². The molecule has 0 radical (unpaired) electrons. The van der Waals surface area contributed by atoms with Gasteiger partial charge in [0.2, 0.25) is 0 Å². The van der Waals surface area contributed by atoms with Gasteiger partial charge in [-0.15, -0.1) is 0 Å². The smallest absolute Gasteiger partial charge is 0.101 e. The fourth-order valence-electron chi connectivity index (χ4n) is 4.27. The fraction of sp³-hybridized carbons (Fsp3) is 0.148. The predicted molar refractivity (Wildman–Crippen MR) is 124 cm³/mol. The topological polar surface area (TPSA) is 41.2 Å². The van der Waals surface area contributed by atoms with Crippen LogP contribution in [0.2, 0.25) is 0 Å². The Morgan fingerprint density at radius 1 is 0.742 bits per heavy atom. The second kappa shape index (κ2) is 8.51. The zero-order chi connectivity index (χ0) is 21.0. The number of anilines is 1. The molecule has 31 heavy (non-hydrogen) atoms. The molecule has 1 aromatic heterocycles. The van der Waals surface area contributed by atoms with Gasteiger partial charge in [-0.3, -0.25) is 0 Å². The zero-order valence-electron chi connectivity index (χ0n) is 17.2. The van der Waals surface area contributed by atoms with Crippen LogP contribution in [-0.4, -0.2) is 30.9 Å². The summed E-state index contributed by atoms with van der Waals surface area (Å²) in [5.74, 6) is 0. The van der Waals surface area contributed by atoms with E-state index < -0.39 is 0 Å². The van der Waals surface area contributed by atoms with Gasteiger partial charge >= 0.3 is 0 Å². The van der Waals surface area contributed by atoms with Gasteiger partial charge in [0.05, 0.1) is 35.8 Å². The molecule has 0 amide bonds. The summed E-state index contributed by atoms with van der Waals surface area (Å²) < 4.78 is 7.83. The van der Waals surface area contributed by atoms with Gasteiger partial charge in [-0.05, 0) is 17.7 Å². The van der Waals surface area contributed by atoms with Crippen molar-refractivity contribution in [2.75, 3.05) is 31.2 Å². The van der Waals surface area contributed by atoms with Crippen molar-refractivity contribution < 1.29 is 4.74 Å². The van der Waals surface area contributed by atoms with E-state index in [1.165, 1.54) is 5.69 Å². The molecule has 0 N–H and O–H groups in total. The van der Waals surface area contributed by atoms with Gasteiger partial charge in [-0.25, -0.2) is 0 Å². The molecule has 0 aliphatic carbocycles. The first-order valence-electron chi connectivity index (χ1n) is 10.5. The summed E-state index contributed by atoms with van der Waals surface area (Å²) in [6.07, 6.45) is 2.18. The van der Waals surface area contributed by atoms with Crippen molar-refractivity contribution >= 4 is 5.69 Å². The summed E-state index contributed by atoms with van der Waals surface area (Å²) in [5, 5.41) is 9.79. The standard InChI is InChI=1S/C27H23N3O/c28-19-23-13-7-8-14-25(23)30-20-24(21-9-3-1-4-10-21)27(29-15-17-31-18-16-29)26(30)22-11-5-2-6-12-22/h1-14,20H,15-18H2. The van der Waals surface area contributed by atoms with Crippen LogP contribution in [0, 0.1) is 11.3 Å². The summed E-state index contributed by atoms with van der Waals surface area (Å²) >= 11 is 0. The lowest BCUT2D eigenvalue weighted by Gasteiger charge is -2.30. The Labute approximate surface area is 182 Å². The fourth-order valence-corrected chi connectivity index (χ4v) is 4.27. The van der Waals surface area contributed by atoms with Crippen molar-refractivity contribution in [3.05, 3.63) is 96.7 Å². The summed E-state index contributed by atoms with van der Waals surface area (Å²) in [5.41, 5.74) is 7.28. The lowest BCUT2D eigenvalue weighted by molar-refractivity contribution is 0.123. The molecular formula is C27H23N3O. The highest BCUT2D eigenvalue weighted by Gasteiger charge is 2.26. The Hall–Kier alpha value is -3.81. The molecule has 4 nitrogen and oxygen atoms in total. The highest BCUT2D eigenvalue weighted by molar-refractivity contribution is 5.92. The van der Waals surface area contributed by atoms with Gasteiger partial charge in [-0.2, -0.15) is 5.26 Å². The van der Waals surface area contributed by atoms with Crippen molar-refractivity contribution in [3.63, 3.8) is 0 Å². The summed E-state index contributed by atoms with van der Waals surface area (Å²) in [4.78, 5) is 2.42. The number of aromatic nitrogens is 1. The highest BCUT2D eigenvalue weighted by atomic mass is 16.5. The van der Waals surface area contributed by atoms with E-state index in [4.69, 9.17) is 4.74 Å². The number of nitriles is 1. The van der Waals surface area contributed by atoms with Crippen LogP contribution in [0.15, 0.2) is 91.1 Å². The van der Waals surface area contributed by atoms with Crippen molar-refractivity contribution in [2.24, 2.45) is 0 Å². The lowest BCUT2D eigenvalue weighted by Crippen LogP contribution is -2.36. The average molecular weight is 406 g/mol. The normalized spacial score (nSPS) is 13.7. The minimum atomic E-state index is 0.655. The molecule has 1 aliphatic rings. The van der Waals surface area contributed by atoms with Crippen LogP contribution in [0.25, 0.3) is 28.1 Å². The molecular weight excluding hydrogens is 382 g/mol. The monoisotopic (exact) mass is 405 g/mol. The third kappa shape index (κ3) is 3.61. The molecule has 4 aromatic rings. The lowest BCUT2D eigenvalue weighted by atomic mass is 10.0. The van der Waals surface area contributed by atoms with Crippen molar-refractivity contribution in [1.29, 1.82) is 5.26 Å². The number of benzene rings is 3. The number of nitrogens with zero attached hydrogens (tertiary/aromatic N) is 3. The Bertz CT molecular complexity index is 1220. The van der Waals surface area contributed by atoms with E-state index in [1.807, 2.05) is 36.4 Å². The van der Waals surface area contributed by atoms with E-state index in [0.717, 1.165) is 41.2 Å². The quantitative estimate of drug-likeness (QED) is 0.449. The van der Waals surface area contributed by atoms with E-state index >= 15 is 0 Å². The van der Waals surface area contributed by atoms with Gasteiger partial charge < -0.3 is 14.2 Å². The second-order valence-corrected chi connectivity index (χ2v) is 7.57. The van der Waals surface area contributed by atoms with Crippen molar-refractivity contribution in [2.45, 2.75) is 0 Å². The van der Waals surface area contributed by atoms with Crippen LogP contribution in [0.5, 0.6) is 0 Å². The largest absolute Gasteiger partial charge is 0.378 e. The molecule has 4 heteroatoms. The number of hydrogen-bond donors (Lipinski definition) is 0. The second-order valence-electron chi connectivity index (χ2n) is 7.57. The maximum Gasteiger partial charge on any atom is 0.101 e.